The summed E-state index contributed by atoms with van der Waals surface area (Å²) in [5.74, 6) is -0.768. The van der Waals surface area contributed by atoms with Crippen LogP contribution in [0.4, 0.5) is 0 Å². The Morgan fingerprint density at radius 2 is 0.575 bits per heavy atom. The molecule has 0 spiro atoms. The van der Waals surface area contributed by atoms with Crippen molar-refractivity contribution in [1.82, 2.24) is 0 Å². The number of phosphoric acid groups is 2. The Morgan fingerprint density at radius 1 is 0.338 bits per heavy atom. The molecule has 0 saturated carbocycles. The maximum absolute atomic E-state index is 12.9. The first-order valence-electron chi connectivity index (χ1n) is 32.0. The monoisotopic (exact) mass is 1180 g/mol. The molecule has 474 valence electrons. The molecule has 0 rings (SSSR count). The summed E-state index contributed by atoms with van der Waals surface area (Å²) in [6.07, 6.45) is 35.0. The molecule has 19 heteroatoms. The molecule has 0 radical (unpaired) electrons. The number of rotatable bonds is 60. The van der Waals surface area contributed by atoms with Gasteiger partial charge in [-0.2, -0.15) is 0 Å². The highest BCUT2D eigenvalue weighted by molar-refractivity contribution is 7.47. The maximum Gasteiger partial charge on any atom is 0.472 e. The molecule has 17 nitrogen and oxygen atoms in total. The zero-order chi connectivity index (χ0) is 59.4. The number of ether oxygens (including phenoxy) is 4. The SMILES string of the molecule is CCCCCCCCCCCCCCC(=O)O[C@H](COC(=O)CCCCCCCCCC(C)C)COP(=O)(O)OC[C@@H](O)COP(=O)(O)OC[C@@H](COC(=O)CCCCCCCCCCC)OC(=O)CCCCCCCCC(C)C. The fourth-order valence-corrected chi connectivity index (χ4v) is 10.6. The fraction of sp³-hybridized carbons (Fsp3) is 0.934. The number of hydrogen-bond acceptors (Lipinski definition) is 15. The third-order valence-electron chi connectivity index (χ3n) is 14.0. The number of esters is 4. The first-order valence-corrected chi connectivity index (χ1v) is 35.0. The summed E-state index contributed by atoms with van der Waals surface area (Å²) in [5, 5.41) is 10.5. The van der Waals surface area contributed by atoms with Crippen LogP contribution in [0.3, 0.4) is 0 Å². The molecule has 0 bridgehead atoms. The predicted molar refractivity (Wildman–Crippen MR) is 317 cm³/mol. The topological polar surface area (TPSA) is 237 Å². The number of carbonyl (C=O) groups excluding carboxylic acids is 4. The molecule has 80 heavy (non-hydrogen) atoms. The van der Waals surface area contributed by atoms with Crippen LogP contribution in [0.15, 0.2) is 0 Å². The van der Waals surface area contributed by atoms with Gasteiger partial charge in [-0.3, -0.25) is 37.3 Å². The van der Waals surface area contributed by atoms with Gasteiger partial charge in [-0.25, -0.2) is 9.13 Å². The second kappa shape index (κ2) is 53.8. The minimum absolute atomic E-state index is 0.102. The van der Waals surface area contributed by atoms with E-state index in [4.69, 9.17) is 37.0 Å². The van der Waals surface area contributed by atoms with Gasteiger partial charge in [0.1, 0.15) is 19.3 Å². The summed E-state index contributed by atoms with van der Waals surface area (Å²) in [6, 6.07) is 0. The number of hydrogen-bond donors (Lipinski definition) is 3. The van der Waals surface area contributed by atoms with Crippen molar-refractivity contribution in [2.45, 2.75) is 317 Å². The Kier molecular flexibility index (Phi) is 52.5. The highest BCUT2D eigenvalue weighted by Crippen LogP contribution is 2.45. The van der Waals surface area contributed by atoms with E-state index in [1.165, 1.54) is 109 Å². The van der Waals surface area contributed by atoms with Gasteiger partial charge in [0.15, 0.2) is 12.2 Å². The third-order valence-corrected chi connectivity index (χ3v) is 15.9. The standard InChI is InChI=1S/C61H118O17P2/c1-7-9-11-13-15-17-18-19-21-25-33-39-45-60(65)77-56(49-72-59(64)44-38-32-26-22-23-29-35-41-53(3)4)51-75-79(67,68)73-47-55(62)48-74-80(69,70)76-52-57(78-61(66)46-40-34-28-27-30-36-42-54(5)6)50-71-58(63)43-37-31-24-20-16-14-12-10-8-2/h53-57,62H,7-52H2,1-6H3,(H,67,68)(H,69,70)/t55-,56-,57-/m1/s1. The summed E-state index contributed by atoms with van der Waals surface area (Å²) in [4.78, 5) is 72.0. The molecule has 3 N–H and O–H groups in total. The first kappa shape index (κ1) is 78.1. The zero-order valence-corrected chi connectivity index (χ0v) is 53.2. The number of unbranched alkanes of at least 4 members (excludes halogenated alkanes) is 30. The Morgan fingerprint density at radius 3 is 0.850 bits per heavy atom. The normalized spacial score (nSPS) is 14.4. The zero-order valence-electron chi connectivity index (χ0n) is 51.4. The second-order valence-corrected chi connectivity index (χ2v) is 25.9. The van der Waals surface area contributed by atoms with Crippen LogP contribution in [0.2, 0.25) is 0 Å². The minimum Gasteiger partial charge on any atom is -0.462 e. The molecule has 0 aromatic carbocycles. The number of carbonyl (C=O) groups is 4. The third kappa shape index (κ3) is 55.3. The van der Waals surface area contributed by atoms with Gasteiger partial charge in [0.2, 0.25) is 0 Å². The maximum atomic E-state index is 12.9. The highest BCUT2D eigenvalue weighted by atomic mass is 31.2. The summed E-state index contributed by atoms with van der Waals surface area (Å²) in [7, 11) is -9.88. The van der Waals surface area contributed by atoms with E-state index in [0.717, 1.165) is 96.3 Å². The van der Waals surface area contributed by atoms with E-state index >= 15 is 0 Å². The Hall–Kier alpha value is -1.94. The van der Waals surface area contributed by atoms with Crippen LogP contribution in [-0.4, -0.2) is 96.7 Å². The largest absolute Gasteiger partial charge is 0.472 e. The van der Waals surface area contributed by atoms with Crippen LogP contribution in [0.25, 0.3) is 0 Å². The van der Waals surface area contributed by atoms with Crippen molar-refractivity contribution in [1.29, 1.82) is 0 Å². The van der Waals surface area contributed by atoms with Gasteiger partial charge in [0.05, 0.1) is 26.4 Å². The van der Waals surface area contributed by atoms with Crippen LogP contribution in [0.1, 0.15) is 298 Å². The summed E-state index contributed by atoms with van der Waals surface area (Å²) in [6.45, 7) is 9.31. The molecule has 0 amide bonds. The lowest BCUT2D eigenvalue weighted by atomic mass is 10.0. The summed E-state index contributed by atoms with van der Waals surface area (Å²) < 4.78 is 67.8. The van der Waals surface area contributed by atoms with E-state index in [0.29, 0.717) is 37.5 Å². The van der Waals surface area contributed by atoms with Crippen LogP contribution in [0.5, 0.6) is 0 Å². The quantitative estimate of drug-likeness (QED) is 0.0222. The van der Waals surface area contributed by atoms with Crippen LogP contribution in [-0.2, 0) is 65.4 Å². The van der Waals surface area contributed by atoms with Crippen molar-refractivity contribution in [3.05, 3.63) is 0 Å². The lowest BCUT2D eigenvalue weighted by Gasteiger charge is -2.21. The Balaban J connectivity index is 5.23. The minimum atomic E-state index is -4.94. The molecule has 2 unspecified atom stereocenters. The van der Waals surface area contributed by atoms with Gasteiger partial charge >= 0.3 is 39.5 Å². The molecule has 0 aliphatic carbocycles. The van der Waals surface area contributed by atoms with E-state index < -0.39 is 97.5 Å². The van der Waals surface area contributed by atoms with Gasteiger partial charge in [-0.15, -0.1) is 0 Å². The van der Waals surface area contributed by atoms with E-state index in [1.807, 2.05) is 0 Å². The van der Waals surface area contributed by atoms with Gasteiger partial charge in [-0.05, 0) is 37.5 Å². The molecule has 0 aliphatic heterocycles. The highest BCUT2D eigenvalue weighted by Gasteiger charge is 2.30. The van der Waals surface area contributed by atoms with Crippen molar-refractivity contribution < 1.29 is 80.2 Å². The average Bonchev–Trinajstić information content (AvgIpc) is 3.41. The summed E-state index contributed by atoms with van der Waals surface area (Å²) >= 11 is 0. The van der Waals surface area contributed by atoms with Crippen molar-refractivity contribution in [2.24, 2.45) is 11.8 Å². The van der Waals surface area contributed by atoms with Crippen LogP contribution >= 0.6 is 15.6 Å². The number of aliphatic hydroxyl groups is 1. The van der Waals surface area contributed by atoms with Crippen molar-refractivity contribution in [3.8, 4) is 0 Å². The molecule has 0 aliphatic rings. The van der Waals surface area contributed by atoms with Crippen molar-refractivity contribution in [2.75, 3.05) is 39.6 Å². The van der Waals surface area contributed by atoms with Gasteiger partial charge in [0, 0.05) is 25.7 Å². The Labute approximate surface area is 486 Å². The predicted octanol–water partition coefficient (Wildman–Crippen LogP) is 16.5. The van der Waals surface area contributed by atoms with Gasteiger partial charge in [0.25, 0.3) is 0 Å². The average molecular weight is 1190 g/mol. The Bertz CT molecular complexity index is 1580. The van der Waals surface area contributed by atoms with E-state index in [1.54, 1.807) is 0 Å². The molecule has 0 heterocycles. The van der Waals surface area contributed by atoms with Crippen molar-refractivity contribution >= 4 is 39.5 Å². The lowest BCUT2D eigenvalue weighted by Crippen LogP contribution is -2.30. The second-order valence-electron chi connectivity index (χ2n) is 23.0. The number of aliphatic hydroxyl groups excluding tert-OH is 1. The molecular formula is C61H118O17P2. The van der Waals surface area contributed by atoms with Crippen LogP contribution < -0.4 is 0 Å². The van der Waals surface area contributed by atoms with Crippen molar-refractivity contribution in [3.63, 3.8) is 0 Å². The molecule has 0 saturated heterocycles. The van der Waals surface area contributed by atoms with E-state index in [2.05, 4.69) is 41.5 Å². The van der Waals surface area contributed by atoms with Gasteiger partial charge < -0.3 is 33.8 Å². The molecule has 0 aromatic rings. The molecule has 5 atom stereocenters. The lowest BCUT2D eigenvalue weighted by molar-refractivity contribution is -0.161. The fourth-order valence-electron chi connectivity index (χ4n) is 9.00. The molecule has 0 fully saturated rings. The number of phosphoric ester groups is 2. The first-order chi connectivity index (χ1) is 38.4. The van der Waals surface area contributed by atoms with E-state index in [9.17, 15) is 43.2 Å². The smallest absolute Gasteiger partial charge is 0.462 e. The summed E-state index contributed by atoms with van der Waals surface area (Å²) in [5.41, 5.74) is 0. The molecule has 0 aromatic heterocycles. The van der Waals surface area contributed by atoms with Gasteiger partial charge in [-0.1, -0.05) is 247 Å². The van der Waals surface area contributed by atoms with E-state index in [-0.39, 0.29) is 25.7 Å². The van der Waals surface area contributed by atoms with Crippen LogP contribution in [0, 0.1) is 11.8 Å². The molecular weight excluding hydrogens is 1070 g/mol.